The first-order chi connectivity index (χ1) is 8.61. The van der Waals surface area contributed by atoms with Crippen LogP contribution in [0.25, 0.3) is 0 Å². The van der Waals surface area contributed by atoms with Gasteiger partial charge >= 0.3 is 5.97 Å². The Hall–Kier alpha value is -1.88. The predicted octanol–water partition coefficient (Wildman–Crippen LogP) is 0.984. The van der Waals surface area contributed by atoms with Crippen LogP contribution in [0.5, 0.6) is 0 Å². The summed E-state index contributed by atoms with van der Waals surface area (Å²) in [4.78, 5) is 24.4. The molecule has 0 aliphatic carbocycles. The van der Waals surface area contributed by atoms with E-state index in [1.54, 1.807) is 30.3 Å². The van der Waals surface area contributed by atoms with Crippen molar-refractivity contribution in [3.05, 3.63) is 35.9 Å². The van der Waals surface area contributed by atoms with Crippen molar-refractivity contribution in [2.75, 3.05) is 13.2 Å². The number of hydrogen-bond acceptors (Lipinski definition) is 3. The van der Waals surface area contributed by atoms with Gasteiger partial charge in [-0.05, 0) is 18.6 Å². The number of carbonyl (C=O) groups excluding carboxylic acids is 1. The van der Waals surface area contributed by atoms with E-state index >= 15 is 0 Å². The summed E-state index contributed by atoms with van der Waals surface area (Å²) in [5.74, 6) is -1.57. The molecule has 0 bridgehead atoms. The molecule has 0 aliphatic rings. The highest BCUT2D eigenvalue weighted by molar-refractivity contribution is 5.96. The van der Waals surface area contributed by atoms with Crippen LogP contribution in [-0.4, -0.2) is 46.2 Å². The van der Waals surface area contributed by atoms with Crippen molar-refractivity contribution in [3.8, 4) is 0 Å². The molecule has 1 atom stereocenters. The predicted molar refractivity (Wildman–Crippen MR) is 66.3 cm³/mol. The highest BCUT2D eigenvalue weighted by Gasteiger charge is 2.28. The lowest BCUT2D eigenvalue weighted by Crippen LogP contribution is -2.47. The summed E-state index contributed by atoms with van der Waals surface area (Å²) in [6, 6.07) is 7.26. The van der Waals surface area contributed by atoms with Gasteiger partial charge in [-0.1, -0.05) is 25.1 Å². The summed E-state index contributed by atoms with van der Waals surface area (Å²) in [5, 5.41) is 18.1. The van der Waals surface area contributed by atoms with E-state index in [1.165, 1.54) is 4.90 Å². The van der Waals surface area contributed by atoms with Crippen molar-refractivity contribution < 1.29 is 19.8 Å². The second-order valence-corrected chi connectivity index (χ2v) is 3.90. The number of amides is 1. The number of aliphatic hydroxyl groups excluding tert-OH is 1. The molecule has 5 nitrogen and oxygen atoms in total. The van der Waals surface area contributed by atoms with Crippen LogP contribution in [0.4, 0.5) is 0 Å². The van der Waals surface area contributed by atoms with Crippen LogP contribution >= 0.6 is 0 Å². The van der Waals surface area contributed by atoms with Crippen LogP contribution in [0.1, 0.15) is 23.7 Å². The van der Waals surface area contributed by atoms with Gasteiger partial charge in [0.25, 0.3) is 5.91 Å². The maximum Gasteiger partial charge on any atom is 0.328 e. The van der Waals surface area contributed by atoms with Crippen LogP contribution in [-0.2, 0) is 4.79 Å². The number of carboxylic acid groups (broad SMARTS) is 1. The fourth-order valence-electron chi connectivity index (χ4n) is 1.70. The van der Waals surface area contributed by atoms with E-state index in [1.807, 2.05) is 6.92 Å². The summed E-state index contributed by atoms with van der Waals surface area (Å²) in [6.07, 6.45) is 0.627. The summed E-state index contributed by atoms with van der Waals surface area (Å²) >= 11 is 0. The molecule has 0 saturated heterocycles. The van der Waals surface area contributed by atoms with Crippen LogP contribution in [0.2, 0.25) is 0 Å². The molecule has 0 aromatic heterocycles. The Morgan fingerprint density at radius 2 is 1.89 bits per heavy atom. The minimum atomic E-state index is -1.20. The Balaban J connectivity index is 2.97. The Morgan fingerprint density at radius 1 is 1.28 bits per heavy atom. The van der Waals surface area contributed by atoms with Gasteiger partial charge in [-0.2, -0.15) is 0 Å². The van der Waals surface area contributed by atoms with Crippen molar-refractivity contribution in [2.24, 2.45) is 0 Å². The van der Waals surface area contributed by atoms with Gasteiger partial charge in [-0.25, -0.2) is 4.79 Å². The van der Waals surface area contributed by atoms with E-state index < -0.39 is 18.6 Å². The smallest absolute Gasteiger partial charge is 0.328 e. The molecule has 1 rings (SSSR count). The van der Waals surface area contributed by atoms with Crippen LogP contribution in [0, 0.1) is 0 Å². The molecule has 0 fully saturated rings. The molecule has 18 heavy (non-hydrogen) atoms. The van der Waals surface area contributed by atoms with Gasteiger partial charge in [0.2, 0.25) is 0 Å². The number of carboxylic acids is 1. The molecule has 1 amide bonds. The number of nitrogens with zero attached hydrogens (tertiary/aromatic N) is 1. The third-order valence-corrected chi connectivity index (χ3v) is 2.58. The first-order valence-electron chi connectivity index (χ1n) is 5.81. The molecule has 1 aromatic rings. The largest absolute Gasteiger partial charge is 0.480 e. The fraction of sp³-hybridized carbons (Fsp3) is 0.385. The molecular formula is C13H17NO4. The van der Waals surface area contributed by atoms with Crippen LogP contribution in [0.15, 0.2) is 30.3 Å². The number of benzene rings is 1. The van der Waals surface area contributed by atoms with E-state index in [2.05, 4.69) is 0 Å². The van der Waals surface area contributed by atoms with Gasteiger partial charge in [0, 0.05) is 12.1 Å². The third-order valence-electron chi connectivity index (χ3n) is 2.58. The highest BCUT2D eigenvalue weighted by Crippen LogP contribution is 2.09. The summed E-state index contributed by atoms with van der Waals surface area (Å²) in [7, 11) is 0. The lowest BCUT2D eigenvalue weighted by Gasteiger charge is -2.27. The lowest BCUT2D eigenvalue weighted by molar-refractivity contribution is -0.143. The summed E-state index contributed by atoms with van der Waals surface area (Å²) < 4.78 is 0. The second kappa shape index (κ2) is 6.76. The van der Waals surface area contributed by atoms with Gasteiger partial charge in [0.05, 0.1) is 6.61 Å². The van der Waals surface area contributed by atoms with E-state index in [4.69, 9.17) is 10.2 Å². The second-order valence-electron chi connectivity index (χ2n) is 3.90. The normalized spacial score (nSPS) is 11.9. The van der Waals surface area contributed by atoms with Crippen molar-refractivity contribution in [3.63, 3.8) is 0 Å². The van der Waals surface area contributed by atoms with Crippen molar-refractivity contribution in [1.29, 1.82) is 0 Å². The SMILES string of the molecule is CCCN(C(=O)c1ccccc1)C(CO)C(=O)O. The van der Waals surface area contributed by atoms with E-state index in [0.29, 0.717) is 18.5 Å². The molecule has 0 spiro atoms. The zero-order valence-corrected chi connectivity index (χ0v) is 10.2. The molecule has 1 unspecified atom stereocenters. The van der Waals surface area contributed by atoms with Gasteiger partial charge in [0.1, 0.15) is 0 Å². The average Bonchev–Trinajstić information content (AvgIpc) is 2.38. The molecule has 2 N–H and O–H groups in total. The Labute approximate surface area is 106 Å². The zero-order valence-electron chi connectivity index (χ0n) is 10.2. The quantitative estimate of drug-likeness (QED) is 0.790. The van der Waals surface area contributed by atoms with Crippen LogP contribution < -0.4 is 0 Å². The molecular weight excluding hydrogens is 234 g/mol. The molecule has 0 radical (unpaired) electrons. The van der Waals surface area contributed by atoms with Gasteiger partial charge in [0.15, 0.2) is 6.04 Å². The zero-order chi connectivity index (χ0) is 13.5. The molecule has 5 heteroatoms. The highest BCUT2D eigenvalue weighted by atomic mass is 16.4. The maximum absolute atomic E-state index is 12.2. The fourth-order valence-corrected chi connectivity index (χ4v) is 1.70. The average molecular weight is 251 g/mol. The van der Waals surface area contributed by atoms with Crippen LogP contribution in [0.3, 0.4) is 0 Å². The Morgan fingerprint density at radius 3 is 2.33 bits per heavy atom. The van der Waals surface area contributed by atoms with Gasteiger partial charge in [-0.15, -0.1) is 0 Å². The van der Waals surface area contributed by atoms with Crippen molar-refractivity contribution in [2.45, 2.75) is 19.4 Å². The first-order valence-corrected chi connectivity index (χ1v) is 5.81. The van der Waals surface area contributed by atoms with E-state index in [0.717, 1.165) is 0 Å². The standard InChI is InChI=1S/C13H17NO4/c1-2-8-14(11(9-15)13(17)18)12(16)10-6-4-3-5-7-10/h3-7,11,15H,2,8-9H2,1H3,(H,17,18). The first kappa shape index (κ1) is 14.2. The van der Waals surface area contributed by atoms with Crippen molar-refractivity contribution in [1.82, 2.24) is 4.90 Å². The number of hydrogen-bond donors (Lipinski definition) is 2. The Bertz CT molecular complexity index is 405. The molecule has 0 aliphatic heterocycles. The lowest BCUT2D eigenvalue weighted by atomic mass is 10.1. The monoisotopic (exact) mass is 251 g/mol. The number of carbonyl (C=O) groups is 2. The maximum atomic E-state index is 12.2. The number of aliphatic hydroxyl groups is 1. The topological polar surface area (TPSA) is 77.8 Å². The van der Waals surface area contributed by atoms with Gasteiger partial charge < -0.3 is 15.1 Å². The van der Waals surface area contributed by atoms with E-state index in [9.17, 15) is 9.59 Å². The molecule has 0 saturated carbocycles. The Kier molecular flexibility index (Phi) is 5.32. The summed E-state index contributed by atoms with van der Waals surface area (Å²) in [6.45, 7) is 1.56. The third kappa shape index (κ3) is 3.30. The minimum Gasteiger partial charge on any atom is -0.480 e. The summed E-state index contributed by atoms with van der Waals surface area (Å²) in [5.41, 5.74) is 0.422. The van der Waals surface area contributed by atoms with Crippen molar-refractivity contribution >= 4 is 11.9 Å². The van der Waals surface area contributed by atoms with E-state index in [-0.39, 0.29) is 5.91 Å². The molecule has 0 heterocycles. The van der Waals surface area contributed by atoms with Gasteiger partial charge in [-0.3, -0.25) is 4.79 Å². The molecule has 1 aromatic carbocycles. The number of aliphatic carboxylic acids is 1. The number of rotatable bonds is 6. The molecule has 98 valence electrons. The minimum absolute atomic E-state index is 0.297.